The van der Waals surface area contributed by atoms with Crippen molar-refractivity contribution in [3.63, 3.8) is 0 Å². The molecule has 2 aromatic carbocycles. The molecule has 4 rings (SSSR count). The first-order valence-corrected chi connectivity index (χ1v) is 12.4. The van der Waals surface area contributed by atoms with Crippen LogP contribution in [0.2, 0.25) is 10.0 Å². The molecule has 1 aliphatic heterocycles. The Morgan fingerprint density at radius 1 is 1.14 bits per heavy atom. The van der Waals surface area contributed by atoms with Crippen LogP contribution in [0.5, 0.6) is 5.75 Å². The first-order valence-electron chi connectivity index (χ1n) is 11.7. The summed E-state index contributed by atoms with van der Waals surface area (Å²) in [6, 6.07) is 19.0. The van der Waals surface area contributed by atoms with Gasteiger partial charge < -0.3 is 14.7 Å². The summed E-state index contributed by atoms with van der Waals surface area (Å²) in [4.78, 5) is 8.97. The number of piperazine rings is 1. The minimum Gasteiger partial charge on any atom is -0.494 e. The monoisotopic (exact) mass is 510 g/mol. The molecule has 0 spiro atoms. The largest absolute Gasteiger partial charge is 0.494 e. The molecular weight excluding hydrogens is 483 g/mol. The van der Waals surface area contributed by atoms with E-state index in [1.165, 1.54) is 0 Å². The van der Waals surface area contributed by atoms with Gasteiger partial charge in [-0.2, -0.15) is 5.26 Å². The fourth-order valence-electron chi connectivity index (χ4n) is 4.44. The van der Waals surface area contributed by atoms with Crippen LogP contribution in [0.1, 0.15) is 42.2 Å². The normalized spacial score (nSPS) is 17.1. The van der Waals surface area contributed by atoms with Gasteiger partial charge in [-0.25, -0.2) is 0 Å². The van der Waals surface area contributed by atoms with E-state index < -0.39 is 0 Å². The van der Waals surface area contributed by atoms with Gasteiger partial charge in [0, 0.05) is 36.9 Å². The Morgan fingerprint density at radius 2 is 1.94 bits per heavy atom. The highest BCUT2D eigenvalue weighted by molar-refractivity contribution is 6.33. The number of pyridine rings is 1. The van der Waals surface area contributed by atoms with Gasteiger partial charge in [-0.3, -0.25) is 9.88 Å². The molecule has 1 saturated heterocycles. The predicted molar refractivity (Wildman–Crippen MR) is 139 cm³/mol. The van der Waals surface area contributed by atoms with Crippen molar-refractivity contribution in [2.75, 3.05) is 37.7 Å². The number of rotatable bonds is 8. The van der Waals surface area contributed by atoms with E-state index in [9.17, 15) is 5.11 Å². The molecule has 6 nitrogen and oxygen atoms in total. The Bertz CT molecular complexity index is 1170. The second-order valence-corrected chi connectivity index (χ2v) is 9.34. The smallest absolute Gasteiger partial charge is 0.120 e. The first-order chi connectivity index (χ1) is 17.0. The lowest BCUT2D eigenvalue weighted by molar-refractivity contribution is 0.100. The van der Waals surface area contributed by atoms with Gasteiger partial charge in [-0.05, 0) is 48.4 Å². The molecule has 0 aliphatic carbocycles. The molecule has 2 atom stereocenters. The van der Waals surface area contributed by atoms with Crippen molar-refractivity contribution in [1.29, 1.82) is 5.26 Å². The second-order valence-electron chi connectivity index (χ2n) is 8.50. The number of hydrogen-bond donors (Lipinski definition) is 1. The van der Waals surface area contributed by atoms with Crippen molar-refractivity contribution in [1.82, 2.24) is 9.88 Å². The van der Waals surface area contributed by atoms with E-state index in [1.54, 1.807) is 12.3 Å². The van der Waals surface area contributed by atoms with Crippen molar-refractivity contribution in [2.24, 2.45) is 0 Å². The fraction of sp³-hybridized carbons (Fsp3) is 0.333. The van der Waals surface area contributed by atoms with Crippen LogP contribution >= 0.6 is 23.2 Å². The Morgan fingerprint density at radius 3 is 2.57 bits per heavy atom. The summed E-state index contributed by atoms with van der Waals surface area (Å²) in [5.41, 5.74) is 3.28. The van der Waals surface area contributed by atoms with Crippen LogP contribution < -0.4 is 9.64 Å². The van der Waals surface area contributed by atoms with Gasteiger partial charge in [0.05, 0.1) is 47.3 Å². The van der Waals surface area contributed by atoms with Crippen LogP contribution in [0, 0.1) is 11.3 Å². The summed E-state index contributed by atoms with van der Waals surface area (Å²) in [6.45, 7) is 4.71. The number of halogens is 2. The number of ether oxygens (including phenoxy) is 1. The van der Waals surface area contributed by atoms with Crippen molar-refractivity contribution >= 4 is 28.9 Å². The van der Waals surface area contributed by atoms with Gasteiger partial charge in [-0.15, -0.1) is 0 Å². The van der Waals surface area contributed by atoms with Crippen molar-refractivity contribution in [3.8, 4) is 11.8 Å². The number of hydrogen-bond acceptors (Lipinski definition) is 6. The van der Waals surface area contributed by atoms with Gasteiger partial charge >= 0.3 is 0 Å². The number of nitrogens with zero attached hydrogens (tertiary/aromatic N) is 4. The summed E-state index contributed by atoms with van der Waals surface area (Å²) >= 11 is 12.9. The minimum absolute atomic E-state index is 0.0200. The number of aromatic nitrogens is 1. The highest BCUT2D eigenvalue weighted by Gasteiger charge is 2.33. The van der Waals surface area contributed by atoms with Crippen LogP contribution in [-0.4, -0.2) is 47.8 Å². The third-order valence-corrected chi connectivity index (χ3v) is 6.79. The van der Waals surface area contributed by atoms with E-state index in [0.717, 1.165) is 29.1 Å². The third kappa shape index (κ3) is 5.88. The van der Waals surface area contributed by atoms with Gasteiger partial charge in [0.25, 0.3) is 0 Å². The summed E-state index contributed by atoms with van der Waals surface area (Å²) in [5.74, 6) is 0.759. The van der Waals surface area contributed by atoms with Crippen molar-refractivity contribution < 1.29 is 9.84 Å². The number of nitriles is 1. The maximum Gasteiger partial charge on any atom is 0.120 e. The van der Waals surface area contributed by atoms with Gasteiger partial charge in [-0.1, -0.05) is 42.3 Å². The SMILES string of the molecule is CCCOc1ccc(N2CCN([C@H](CO)c3ccc(C#N)cn3)C[C@H]2c2ccc(Cl)cc2)c(Cl)c1. The standard InChI is InChI=1S/C27H28Cl2N4O2/c1-2-13-35-22-8-10-25(23(29)14-22)33-12-11-32(17-26(33)20-4-6-21(28)7-5-20)27(18-34)24-9-3-19(15-30)16-31-24/h3-10,14,16,26-27,34H,2,11-13,17-18H2,1H3/t26-,27+/m0/s1. The maximum atomic E-state index is 10.3. The summed E-state index contributed by atoms with van der Waals surface area (Å²) in [7, 11) is 0. The summed E-state index contributed by atoms with van der Waals surface area (Å²) < 4.78 is 5.75. The molecule has 1 N–H and O–H groups in total. The van der Waals surface area contributed by atoms with Crippen LogP contribution in [0.25, 0.3) is 0 Å². The average molecular weight is 511 g/mol. The molecule has 0 amide bonds. The summed E-state index contributed by atoms with van der Waals surface area (Å²) in [6.07, 6.45) is 2.48. The van der Waals surface area contributed by atoms with Gasteiger partial charge in [0.2, 0.25) is 0 Å². The number of anilines is 1. The lowest BCUT2D eigenvalue weighted by Crippen LogP contribution is -2.50. The Balaban J connectivity index is 1.64. The molecule has 3 aromatic rings. The molecule has 0 unspecified atom stereocenters. The minimum atomic E-state index is -0.278. The number of aliphatic hydroxyl groups excluding tert-OH is 1. The van der Waals surface area contributed by atoms with E-state index in [0.29, 0.717) is 41.8 Å². The van der Waals surface area contributed by atoms with Crippen LogP contribution in [0.4, 0.5) is 5.69 Å². The number of aliphatic hydroxyl groups is 1. The Kier molecular flexibility index (Phi) is 8.48. The van der Waals surface area contributed by atoms with E-state index in [4.69, 9.17) is 33.2 Å². The quantitative estimate of drug-likeness (QED) is 0.422. The molecule has 0 bridgehead atoms. The van der Waals surface area contributed by atoms with Gasteiger partial charge in [0.1, 0.15) is 11.8 Å². The summed E-state index contributed by atoms with van der Waals surface area (Å²) in [5, 5.41) is 20.7. The average Bonchev–Trinajstić information content (AvgIpc) is 2.89. The second kappa shape index (κ2) is 11.7. The maximum absolute atomic E-state index is 10.3. The number of benzene rings is 2. The highest BCUT2D eigenvalue weighted by Crippen LogP contribution is 2.38. The zero-order valence-electron chi connectivity index (χ0n) is 19.6. The zero-order valence-corrected chi connectivity index (χ0v) is 21.1. The van der Waals surface area contributed by atoms with Crippen molar-refractivity contribution in [3.05, 3.63) is 87.7 Å². The van der Waals surface area contributed by atoms with E-state index in [-0.39, 0.29) is 18.7 Å². The third-order valence-electron chi connectivity index (χ3n) is 6.24. The molecule has 182 valence electrons. The van der Waals surface area contributed by atoms with Crippen molar-refractivity contribution in [2.45, 2.75) is 25.4 Å². The lowest BCUT2D eigenvalue weighted by atomic mass is 9.99. The predicted octanol–water partition coefficient (Wildman–Crippen LogP) is 5.65. The Hall–Kier alpha value is -2.82. The molecule has 0 radical (unpaired) electrons. The molecule has 0 saturated carbocycles. The van der Waals surface area contributed by atoms with E-state index >= 15 is 0 Å². The van der Waals surface area contributed by atoms with Crippen LogP contribution in [-0.2, 0) is 0 Å². The van der Waals surface area contributed by atoms with Crippen LogP contribution in [0.3, 0.4) is 0 Å². The molecule has 1 aliphatic rings. The van der Waals surface area contributed by atoms with Crippen LogP contribution in [0.15, 0.2) is 60.8 Å². The molecule has 2 heterocycles. The molecule has 1 aromatic heterocycles. The molecule has 8 heteroatoms. The van der Waals surface area contributed by atoms with E-state index in [1.807, 2.05) is 48.5 Å². The fourth-order valence-corrected chi connectivity index (χ4v) is 4.85. The Labute approximate surface area is 216 Å². The highest BCUT2D eigenvalue weighted by atomic mass is 35.5. The molecular formula is C27H28Cl2N4O2. The zero-order chi connectivity index (χ0) is 24.8. The van der Waals surface area contributed by atoms with Gasteiger partial charge in [0.15, 0.2) is 0 Å². The van der Waals surface area contributed by atoms with E-state index in [2.05, 4.69) is 27.8 Å². The topological polar surface area (TPSA) is 72.6 Å². The first kappa shape index (κ1) is 25.3. The molecule has 1 fully saturated rings. The lowest BCUT2D eigenvalue weighted by Gasteiger charge is -2.45. The molecule has 35 heavy (non-hydrogen) atoms.